The number of carbonyl (C=O) groups excluding carboxylic acids is 1. The molecule has 0 unspecified atom stereocenters. The highest BCUT2D eigenvalue weighted by Crippen LogP contribution is 2.28. The fourth-order valence-corrected chi connectivity index (χ4v) is 2.08. The summed E-state index contributed by atoms with van der Waals surface area (Å²) in [6.45, 7) is 5.79. The van der Waals surface area contributed by atoms with Crippen molar-refractivity contribution in [3.05, 3.63) is 23.9 Å². The molecule has 1 aliphatic rings. The van der Waals surface area contributed by atoms with Crippen LogP contribution >= 0.6 is 0 Å². The maximum atomic E-state index is 12.4. The summed E-state index contributed by atoms with van der Waals surface area (Å²) >= 11 is 0. The van der Waals surface area contributed by atoms with Gasteiger partial charge < -0.3 is 10.2 Å². The topological polar surface area (TPSA) is 45.2 Å². The smallest absolute Gasteiger partial charge is 0.254 e. The summed E-state index contributed by atoms with van der Waals surface area (Å²) in [5, 5.41) is 3.14. The number of carbonyl (C=O) groups is 1. The van der Waals surface area contributed by atoms with E-state index >= 15 is 0 Å². The van der Waals surface area contributed by atoms with Crippen molar-refractivity contribution in [1.82, 2.24) is 9.88 Å². The van der Waals surface area contributed by atoms with Crippen LogP contribution < -0.4 is 5.32 Å². The lowest BCUT2D eigenvalue weighted by Gasteiger charge is -2.22. The van der Waals surface area contributed by atoms with Crippen LogP contribution in [0.1, 0.15) is 43.5 Å². The van der Waals surface area contributed by atoms with Crippen LogP contribution in [-0.4, -0.2) is 34.9 Å². The Morgan fingerprint density at radius 3 is 2.89 bits per heavy atom. The fraction of sp³-hybridized carbons (Fsp3) is 0.571. The third kappa shape index (κ3) is 3.00. The molecular formula is C14H21N3O. The number of amides is 1. The van der Waals surface area contributed by atoms with Crippen LogP contribution in [0, 0.1) is 0 Å². The number of nitrogens with zero attached hydrogens (tertiary/aromatic N) is 2. The van der Waals surface area contributed by atoms with E-state index in [0.717, 1.165) is 43.7 Å². The molecule has 0 radical (unpaired) electrons. The standard InChI is InChI=1S/C14H21N3O/c1-3-9-17(12-5-6-12)14(18)11-7-8-16-13(10-11)15-4-2/h7-8,10,12H,3-6,9H2,1-2H3,(H,15,16). The number of nitrogens with one attached hydrogen (secondary N) is 1. The van der Waals surface area contributed by atoms with E-state index in [4.69, 9.17) is 0 Å². The zero-order valence-electron chi connectivity index (χ0n) is 11.1. The Labute approximate surface area is 108 Å². The molecule has 1 aromatic rings. The quantitative estimate of drug-likeness (QED) is 0.840. The van der Waals surface area contributed by atoms with Crippen LogP contribution in [0.2, 0.25) is 0 Å². The predicted molar refractivity (Wildman–Crippen MR) is 72.8 cm³/mol. The number of aromatic nitrogens is 1. The summed E-state index contributed by atoms with van der Waals surface area (Å²) in [5.41, 5.74) is 0.737. The predicted octanol–water partition coefficient (Wildman–Crippen LogP) is 2.53. The van der Waals surface area contributed by atoms with Crippen LogP contribution in [0.5, 0.6) is 0 Å². The Hall–Kier alpha value is -1.58. The van der Waals surface area contributed by atoms with E-state index in [1.807, 2.05) is 17.9 Å². The highest BCUT2D eigenvalue weighted by atomic mass is 16.2. The molecule has 0 bridgehead atoms. The van der Waals surface area contributed by atoms with E-state index in [2.05, 4.69) is 17.2 Å². The second-order valence-electron chi connectivity index (χ2n) is 4.69. The van der Waals surface area contributed by atoms with E-state index in [0.29, 0.717) is 6.04 Å². The largest absolute Gasteiger partial charge is 0.370 e. The van der Waals surface area contributed by atoms with Crippen LogP contribution in [0.3, 0.4) is 0 Å². The molecule has 1 aliphatic carbocycles. The highest BCUT2D eigenvalue weighted by molar-refractivity contribution is 5.95. The van der Waals surface area contributed by atoms with E-state index in [9.17, 15) is 4.79 Å². The van der Waals surface area contributed by atoms with E-state index in [1.54, 1.807) is 12.3 Å². The molecule has 0 atom stereocenters. The summed E-state index contributed by atoms with van der Waals surface area (Å²) in [6.07, 6.45) is 5.00. The lowest BCUT2D eigenvalue weighted by atomic mass is 10.2. The van der Waals surface area contributed by atoms with Gasteiger partial charge in [-0.3, -0.25) is 4.79 Å². The molecule has 98 valence electrons. The summed E-state index contributed by atoms with van der Waals surface area (Å²) in [4.78, 5) is 18.6. The van der Waals surface area contributed by atoms with E-state index in [-0.39, 0.29) is 5.91 Å². The zero-order chi connectivity index (χ0) is 13.0. The number of pyridine rings is 1. The Morgan fingerprint density at radius 1 is 1.50 bits per heavy atom. The lowest BCUT2D eigenvalue weighted by molar-refractivity contribution is 0.0743. The van der Waals surface area contributed by atoms with Crippen LogP contribution in [0.4, 0.5) is 5.82 Å². The van der Waals surface area contributed by atoms with Crippen molar-refractivity contribution in [1.29, 1.82) is 0 Å². The summed E-state index contributed by atoms with van der Waals surface area (Å²) in [5.74, 6) is 0.913. The summed E-state index contributed by atoms with van der Waals surface area (Å²) in [7, 11) is 0. The SMILES string of the molecule is CCCN(C(=O)c1ccnc(NCC)c1)C1CC1. The average Bonchev–Trinajstić information content (AvgIpc) is 3.20. The van der Waals surface area contributed by atoms with E-state index in [1.165, 1.54) is 0 Å². The highest BCUT2D eigenvalue weighted by Gasteiger charge is 2.32. The maximum absolute atomic E-state index is 12.4. The van der Waals surface area contributed by atoms with Crippen molar-refractivity contribution in [2.45, 2.75) is 39.2 Å². The van der Waals surface area contributed by atoms with Crippen molar-refractivity contribution >= 4 is 11.7 Å². The lowest BCUT2D eigenvalue weighted by Crippen LogP contribution is -2.33. The van der Waals surface area contributed by atoms with Gasteiger partial charge in [0.25, 0.3) is 5.91 Å². The van der Waals surface area contributed by atoms with Gasteiger partial charge >= 0.3 is 0 Å². The van der Waals surface area contributed by atoms with Crippen molar-refractivity contribution in [2.24, 2.45) is 0 Å². The van der Waals surface area contributed by atoms with Crippen molar-refractivity contribution < 1.29 is 4.79 Å². The van der Waals surface area contributed by atoms with Gasteiger partial charge in [0.05, 0.1) is 0 Å². The first-order valence-electron chi connectivity index (χ1n) is 6.77. The minimum absolute atomic E-state index is 0.140. The van der Waals surface area contributed by atoms with Crippen molar-refractivity contribution in [3.63, 3.8) is 0 Å². The van der Waals surface area contributed by atoms with Crippen LogP contribution in [0.25, 0.3) is 0 Å². The molecule has 0 aliphatic heterocycles. The Morgan fingerprint density at radius 2 is 2.28 bits per heavy atom. The Kier molecular flexibility index (Phi) is 4.18. The minimum Gasteiger partial charge on any atom is -0.370 e. The zero-order valence-corrected chi connectivity index (χ0v) is 11.1. The molecule has 1 heterocycles. The van der Waals surface area contributed by atoms with Gasteiger partial charge in [-0.25, -0.2) is 4.98 Å². The number of rotatable bonds is 6. The molecule has 1 saturated carbocycles. The third-order valence-electron chi connectivity index (χ3n) is 3.08. The second-order valence-corrected chi connectivity index (χ2v) is 4.69. The number of anilines is 1. The molecule has 1 fully saturated rings. The summed E-state index contributed by atoms with van der Waals surface area (Å²) in [6, 6.07) is 4.11. The molecule has 1 aromatic heterocycles. The first kappa shape index (κ1) is 12.9. The first-order valence-corrected chi connectivity index (χ1v) is 6.77. The van der Waals surface area contributed by atoms with Crippen LogP contribution in [0.15, 0.2) is 18.3 Å². The molecule has 0 spiro atoms. The second kappa shape index (κ2) is 5.85. The number of hydrogen-bond donors (Lipinski definition) is 1. The van der Waals surface area contributed by atoms with Gasteiger partial charge in [0.2, 0.25) is 0 Å². The van der Waals surface area contributed by atoms with Crippen molar-refractivity contribution in [3.8, 4) is 0 Å². The summed E-state index contributed by atoms with van der Waals surface area (Å²) < 4.78 is 0. The normalized spacial score (nSPS) is 14.3. The van der Waals surface area contributed by atoms with Gasteiger partial charge in [-0.05, 0) is 38.3 Å². The van der Waals surface area contributed by atoms with Crippen molar-refractivity contribution in [2.75, 3.05) is 18.4 Å². The van der Waals surface area contributed by atoms with Gasteiger partial charge in [0, 0.05) is 30.9 Å². The molecule has 18 heavy (non-hydrogen) atoms. The van der Waals surface area contributed by atoms with Gasteiger partial charge in [0.1, 0.15) is 5.82 Å². The van der Waals surface area contributed by atoms with Gasteiger partial charge in [-0.1, -0.05) is 6.92 Å². The Balaban J connectivity index is 2.13. The van der Waals surface area contributed by atoms with E-state index < -0.39 is 0 Å². The Bertz CT molecular complexity index is 415. The van der Waals surface area contributed by atoms with Gasteiger partial charge in [-0.15, -0.1) is 0 Å². The maximum Gasteiger partial charge on any atom is 0.254 e. The third-order valence-corrected chi connectivity index (χ3v) is 3.08. The average molecular weight is 247 g/mol. The monoisotopic (exact) mass is 247 g/mol. The molecule has 1 N–H and O–H groups in total. The fourth-order valence-electron chi connectivity index (χ4n) is 2.08. The number of hydrogen-bond acceptors (Lipinski definition) is 3. The van der Waals surface area contributed by atoms with Gasteiger partial charge in [-0.2, -0.15) is 0 Å². The molecule has 0 saturated heterocycles. The minimum atomic E-state index is 0.140. The molecule has 4 nitrogen and oxygen atoms in total. The molecular weight excluding hydrogens is 226 g/mol. The molecule has 2 rings (SSSR count). The molecule has 1 amide bonds. The molecule has 0 aromatic carbocycles. The molecule has 4 heteroatoms. The first-order chi connectivity index (χ1) is 8.76. The van der Waals surface area contributed by atoms with Gasteiger partial charge in [0.15, 0.2) is 0 Å². The van der Waals surface area contributed by atoms with Crippen LogP contribution in [-0.2, 0) is 0 Å².